The van der Waals surface area contributed by atoms with E-state index in [4.69, 9.17) is 0 Å². The van der Waals surface area contributed by atoms with Gasteiger partial charge in [0.05, 0.1) is 0 Å². The summed E-state index contributed by atoms with van der Waals surface area (Å²) in [6, 6.07) is 12.2. The molecule has 1 aromatic carbocycles. The van der Waals surface area contributed by atoms with Crippen LogP contribution in [0.5, 0.6) is 0 Å². The highest BCUT2D eigenvalue weighted by molar-refractivity contribution is 5.46. The lowest BCUT2D eigenvalue weighted by atomic mass is 10.0. The second kappa shape index (κ2) is 7.28. The number of hydrogen-bond acceptors (Lipinski definition) is 3. The Bertz CT molecular complexity index is 406. The summed E-state index contributed by atoms with van der Waals surface area (Å²) in [4.78, 5) is 5.15. The molecule has 1 N–H and O–H groups in total. The minimum absolute atomic E-state index is 0.694. The maximum atomic E-state index is 3.80. The average molecular weight is 287 g/mol. The van der Waals surface area contributed by atoms with E-state index in [2.05, 4.69) is 52.4 Å². The molecule has 0 amide bonds. The van der Waals surface area contributed by atoms with Gasteiger partial charge < -0.3 is 10.2 Å². The van der Waals surface area contributed by atoms with Gasteiger partial charge in [0, 0.05) is 37.4 Å². The first-order valence-corrected chi connectivity index (χ1v) is 8.60. The summed E-state index contributed by atoms with van der Waals surface area (Å²) in [5.41, 5.74) is 1.38. The highest BCUT2D eigenvalue weighted by Crippen LogP contribution is 2.19. The summed E-state index contributed by atoms with van der Waals surface area (Å²) >= 11 is 0. The molecule has 3 nitrogen and oxygen atoms in total. The van der Waals surface area contributed by atoms with Crippen LogP contribution in [0.15, 0.2) is 30.3 Å². The topological polar surface area (TPSA) is 18.5 Å². The van der Waals surface area contributed by atoms with Crippen LogP contribution >= 0.6 is 0 Å². The van der Waals surface area contributed by atoms with Gasteiger partial charge in [0.15, 0.2) is 0 Å². The number of hydrogen-bond donors (Lipinski definition) is 1. The average Bonchev–Trinajstić information content (AvgIpc) is 3.08. The van der Waals surface area contributed by atoms with Crippen molar-refractivity contribution in [3.05, 3.63) is 30.3 Å². The standard InChI is InChI=1S/C18H29N3/c1-16(20-11-5-6-12-20)15-19-17-9-13-21(14-10-17)18-7-3-2-4-8-18/h2-4,7-8,16-17,19H,5-6,9-15H2,1H3. The molecule has 0 aromatic heterocycles. The van der Waals surface area contributed by atoms with Gasteiger partial charge in [0.25, 0.3) is 0 Å². The van der Waals surface area contributed by atoms with Gasteiger partial charge in [-0.3, -0.25) is 4.90 Å². The van der Waals surface area contributed by atoms with Gasteiger partial charge in [-0.1, -0.05) is 18.2 Å². The van der Waals surface area contributed by atoms with Crippen LogP contribution in [-0.2, 0) is 0 Å². The molecule has 0 spiro atoms. The van der Waals surface area contributed by atoms with E-state index in [1.807, 2.05) is 0 Å². The quantitative estimate of drug-likeness (QED) is 0.898. The molecule has 1 unspecified atom stereocenters. The van der Waals surface area contributed by atoms with Gasteiger partial charge in [-0.2, -0.15) is 0 Å². The Morgan fingerprint density at radius 2 is 1.71 bits per heavy atom. The van der Waals surface area contributed by atoms with Crippen molar-refractivity contribution >= 4 is 5.69 Å². The fourth-order valence-electron chi connectivity index (χ4n) is 3.63. The van der Waals surface area contributed by atoms with Crippen molar-refractivity contribution < 1.29 is 0 Å². The fourth-order valence-corrected chi connectivity index (χ4v) is 3.63. The number of rotatable bonds is 5. The Labute approximate surface area is 129 Å². The predicted molar refractivity (Wildman–Crippen MR) is 89.9 cm³/mol. The lowest BCUT2D eigenvalue weighted by molar-refractivity contribution is 0.241. The Hall–Kier alpha value is -1.06. The largest absolute Gasteiger partial charge is 0.371 e. The molecule has 0 saturated carbocycles. The number of piperidine rings is 1. The number of para-hydroxylation sites is 1. The van der Waals surface area contributed by atoms with Crippen molar-refractivity contribution in [1.29, 1.82) is 0 Å². The molecule has 116 valence electrons. The highest BCUT2D eigenvalue weighted by Gasteiger charge is 2.22. The van der Waals surface area contributed by atoms with E-state index in [-0.39, 0.29) is 0 Å². The van der Waals surface area contributed by atoms with Gasteiger partial charge in [-0.15, -0.1) is 0 Å². The van der Waals surface area contributed by atoms with Gasteiger partial charge in [-0.25, -0.2) is 0 Å². The molecule has 3 heteroatoms. The normalized spacial score (nSPS) is 22.6. The zero-order valence-corrected chi connectivity index (χ0v) is 13.3. The van der Waals surface area contributed by atoms with Crippen molar-refractivity contribution in [1.82, 2.24) is 10.2 Å². The molecule has 21 heavy (non-hydrogen) atoms. The van der Waals surface area contributed by atoms with Crippen LogP contribution < -0.4 is 10.2 Å². The minimum atomic E-state index is 0.694. The highest BCUT2D eigenvalue weighted by atomic mass is 15.2. The van der Waals surface area contributed by atoms with Gasteiger partial charge >= 0.3 is 0 Å². The first kappa shape index (κ1) is 14.9. The van der Waals surface area contributed by atoms with Crippen LogP contribution in [0.3, 0.4) is 0 Å². The molecule has 2 aliphatic heterocycles. The van der Waals surface area contributed by atoms with Crippen molar-refractivity contribution in [3.63, 3.8) is 0 Å². The third kappa shape index (κ3) is 3.98. The van der Waals surface area contributed by atoms with Crippen molar-refractivity contribution in [2.75, 3.05) is 37.6 Å². The number of likely N-dealkylation sites (tertiary alicyclic amines) is 1. The van der Waals surface area contributed by atoms with E-state index in [0.29, 0.717) is 12.1 Å². The Kier molecular flexibility index (Phi) is 5.15. The number of nitrogens with zero attached hydrogens (tertiary/aromatic N) is 2. The van der Waals surface area contributed by atoms with Crippen LogP contribution in [0.25, 0.3) is 0 Å². The van der Waals surface area contributed by atoms with Crippen molar-refractivity contribution in [2.45, 2.75) is 44.7 Å². The molecule has 0 bridgehead atoms. The van der Waals surface area contributed by atoms with Gasteiger partial charge in [-0.05, 0) is 57.8 Å². The SMILES string of the molecule is CC(CNC1CCN(c2ccccc2)CC1)N1CCCC1. The molecule has 2 heterocycles. The number of benzene rings is 1. The molecule has 1 atom stereocenters. The van der Waals surface area contributed by atoms with Crippen LogP contribution in [0.4, 0.5) is 5.69 Å². The maximum absolute atomic E-state index is 3.80. The second-order valence-corrected chi connectivity index (χ2v) is 6.60. The molecule has 2 saturated heterocycles. The van der Waals surface area contributed by atoms with Crippen LogP contribution in [0, 0.1) is 0 Å². The number of nitrogens with one attached hydrogen (secondary N) is 1. The smallest absolute Gasteiger partial charge is 0.0366 e. The molecule has 0 aliphatic carbocycles. The summed E-state index contributed by atoms with van der Waals surface area (Å²) in [6.45, 7) is 8.48. The molecule has 0 radical (unpaired) electrons. The Morgan fingerprint density at radius 3 is 2.38 bits per heavy atom. The van der Waals surface area contributed by atoms with E-state index in [1.54, 1.807) is 0 Å². The van der Waals surface area contributed by atoms with E-state index in [9.17, 15) is 0 Å². The molecular formula is C18H29N3. The summed E-state index contributed by atoms with van der Waals surface area (Å²) in [6.07, 6.45) is 5.31. The second-order valence-electron chi connectivity index (χ2n) is 6.60. The summed E-state index contributed by atoms with van der Waals surface area (Å²) < 4.78 is 0. The van der Waals surface area contributed by atoms with E-state index in [0.717, 1.165) is 6.54 Å². The summed E-state index contributed by atoms with van der Waals surface area (Å²) in [7, 11) is 0. The van der Waals surface area contributed by atoms with Gasteiger partial charge in [0.2, 0.25) is 0 Å². The van der Waals surface area contributed by atoms with Gasteiger partial charge in [0.1, 0.15) is 0 Å². The zero-order chi connectivity index (χ0) is 14.5. The predicted octanol–water partition coefficient (Wildman–Crippen LogP) is 2.73. The van der Waals surface area contributed by atoms with Crippen LogP contribution in [0.2, 0.25) is 0 Å². The minimum Gasteiger partial charge on any atom is -0.371 e. The van der Waals surface area contributed by atoms with Crippen LogP contribution in [-0.4, -0.2) is 49.7 Å². The fraction of sp³-hybridized carbons (Fsp3) is 0.667. The Morgan fingerprint density at radius 1 is 1.05 bits per heavy atom. The number of anilines is 1. The lowest BCUT2D eigenvalue weighted by Crippen LogP contribution is -2.47. The van der Waals surface area contributed by atoms with Crippen LogP contribution in [0.1, 0.15) is 32.6 Å². The third-order valence-electron chi connectivity index (χ3n) is 5.08. The molecule has 2 aliphatic rings. The maximum Gasteiger partial charge on any atom is 0.0366 e. The zero-order valence-electron chi connectivity index (χ0n) is 13.3. The Balaban J connectivity index is 1.39. The van der Waals surface area contributed by atoms with E-state index >= 15 is 0 Å². The van der Waals surface area contributed by atoms with Crippen molar-refractivity contribution in [3.8, 4) is 0 Å². The summed E-state index contributed by atoms with van der Waals surface area (Å²) in [5, 5.41) is 3.80. The molecule has 2 fully saturated rings. The lowest BCUT2D eigenvalue weighted by Gasteiger charge is -2.35. The van der Waals surface area contributed by atoms with Crippen molar-refractivity contribution in [2.24, 2.45) is 0 Å². The third-order valence-corrected chi connectivity index (χ3v) is 5.08. The first-order valence-electron chi connectivity index (χ1n) is 8.60. The monoisotopic (exact) mass is 287 g/mol. The molecule has 1 aromatic rings. The molecule has 3 rings (SSSR count). The van der Waals surface area contributed by atoms with E-state index < -0.39 is 0 Å². The molecular weight excluding hydrogens is 258 g/mol. The first-order chi connectivity index (χ1) is 10.3. The van der Waals surface area contributed by atoms with E-state index in [1.165, 1.54) is 57.5 Å². The summed E-state index contributed by atoms with van der Waals surface area (Å²) in [5.74, 6) is 0.